The summed E-state index contributed by atoms with van der Waals surface area (Å²) in [6, 6.07) is 5.71. The Morgan fingerprint density at radius 1 is 1.21 bits per heavy atom. The Balaban J connectivity index is 1.92. The van der Waals surface area contributed by atoms with Crippen molar-refractivity contribution in [2.45, 2.75) is 38.9 Å². The van der Waals surface area contributed by atoms with Gasteiger partial charge in [0.15, 0.2) is 6.10 Å². The standard InChI is InChI=1S/C17H22N2O5/c1-10-5-4-6-11(2)15(10)18-14(20)9-19(3)16(21)12-7-8-13(24-12)17(22)23/h4-6,12-13H,7-9H2,1-3H3,(H,18,20)(H,22,23)/t12-,13+/m0/s1. The molecule has 1 aliphatic heterocycles. The van der Waals surface area contributed by atoms with Gasteiger partial charge < -0.3 is 20.1 Å². The zero-order valence-electron chi connectivity index (χ0n) is 14.0. The average Bonchev–Trinajstić information content (AvgIpc) is 3.00. The summed E-state index contributed by atoms with van der Waals surface area (Å²) in [5.74, 6) is -1.76. The molecule has 1 aromatic carbocycles. The largest absolute Gasteiger partial charge is 0.479 e. The van der Waals surface area contributed by atoms with E-state index in [9.17, 15) is 14.4 Å². The minimum absolute atomic E-state index is 0.121. The Morgan fingerprint density at radius 2 is 1.79 bits per heavy atom. The Bertz CT molecular complexity index is 638. The van der Waals surface area contributed by atoms with Crippen molar-refractivity contribution in [1.82, 2.24) is 4.90 Å². The molecule has 7 heteroatoms. The first-order chi connectivity index (χ1) is 11.3. The second-order valence-corrected chi connectivity index (χ2v) is 6.04. The number of carboxylic acids is 1. The number of amides is 2. The van der Waals surface area contributed by atoms with Crippen LogP contribution in [0.5, 0.6) is 0 Å². The van der Waals surface area contributed by atoms with Crippen LogP contribution in [0.1, 0.15) is 24.0 Å². The Kier molecular flexibility index (Phi) is 5.56. The van der Waals surface area contributed by atoms with E-state index in [2.05, 4.69) is 5.32 Å². The van der Waals surface area contributed by atoms with Crippen molar-refractivity contribution < 1.29 is 24.2 Å². The zero-order valence-corrected chi connectivity index (χ0v) is 14.0. The van der Waals surface area contributed by atoms with Crippen LogP contribution in [0.15, 0.2) is 18.2 Å². The van der Waals surface area contributed by atoms with Gasteiger partial charge in [-0.25, -0.2) is 4.79 Å². The van der Waals surface area contributed by atoms with Gasteiger partial charge in [-0.2, -0.15) is 0 Å². The van der Waals surface area contributed by atoms with Crippen LogP contribution >= 0.6 is 0 Å². The number of para-hydroxylation sites is 1. The van der Waals surface area contributed by atoms with Gasteiger partial charge in [0.25, 0.3) is 5.91 Å². The number of aryl methyl sites for hydroxylation is 2. The van der Waals surface area contributed by atoms with Crippen molar-refractivity contribution in [1.29, 1.82) is 0 Å². The molecule has 1 heterocycles. The second-order valence-electron chi connectivity index (χ2n) is 6.04. The highest BCUT2D eigenvalue weighted by molar-refractivity contribution is 5.96. The molecule has 2 amide bonds. The summed E-state index contributed by atoms with van der Waals surface area (Å²) in [7, 11) is 1.50. The predicted molar refractivity (Wildman–Crippen MR) is 87.7 cm³/mol. The third-order valence-corrected chi connectivity index (χ3v) is 4.07. The van der Waals surface area contributed by atoms with Gasteiger partial charge in [-0.15, -0.1) is 0 Å². The molecule has 0 bridgehead atoms. The van der Waals surface area contributed by atoms with Crippen LogP contribution < -0.4 is 5.32 Å². The lowest BCUT2D eigenvalue weighted by atomic mass is 10.1. The average molecular weight is 334 g/mol. The van der Waals surface area contributed by atoms with Gasteiger partial charge in [-0.1, -0.05) is 18.2 Å². The van der Waals surface area contributed by atoms with Crippen LogP contribution in [0.4, 0.5) is 5.69 Å². The van der Waals surface area contributed by atoms with Crippen molar-refractivity contribution >= 4 is 23.5 Å². The Hall–Kier alpha value is -2.41. The van der Waals surface area contributed by atoms with E-state index in [1.54, 1.807) is 0 Å². The van der Waals surface area contributed by atoms with Crippen LogP contribution in [0.2, 0.25) is 0 Å². The highest BCUT2D eigenvalue weighted by Crippen LogP contribution is 2.22. The highest BCUT2D eigenvalue weighted by atomic mass is 16.5. The maximum absolute atomic E-state index is 12.3. The number of carbonyl (C=O) groups is 3. The van der Waals surface area contributed by atoms with Crippen molar-refractivity contribution in [3.8, 4) is 0 Å². The summed E-state index contributed by atoms with van der Waals surface area (Å²) in [4.78, 5) is 36.6. The first kappa shape index (κ1) is 17.9. The monoisotopic (exact) mass is 334 g/mol. The van der Waals surface area contributed by atoms with Crippen molar-refractivity contribution in [2.75, 3.05) is 18.9 Å². The number of hydrogen-bond donors (Lipinski definition) is 2. The second kappa shape index (κ2) is 7.44. The van der Waals surface area contributed by atoms with Crippen molar-refractivity contribution in [2.24, 2.45) is 0 Å². The molecule has 2 N–H and O–H groups in total. The molecule has 130 valence electrons. The number of hydrogen-bond acceptors (Lipinski definition) is 4. The number of nitrogens with zero attached hydrogens (tertiary/aromatic N) is 1. The summed E-state index contributed by atoms with van der Waals surface area (Å²) >= 11 is 0. The summed E-state index contributed by atoms with van der Waals surface area (Å²) in [6.07, 6.45) is -1.10. The van der Waals surface area contributed by atoms with Gasteiger partial charge >= 0.3 is 5.97 Å². The van der Waals surface area contributed by atoms with Gasteiger partial charge in [-0.05, 0) is 37.8 Å². The zero-order chi connectivity index (χ0) is 17.9. The lowest BCUT2D eigenvalue weighted by molar-refractivity contribution is -0.154. The highest BCUT2D eigenvalue weighted by Gasteiger charge is 2.36. The third kappa shape index (κ3) is 4.11. The molecule has 7 nitrogen and oxygen atoms in total. The van der Waals surface area contributed by atoms with Crippen LogP contribution in [-0.2, 0) is 19.1 Å². The van der Waals surface area contributed by atoms with Gasteiger partial charge in [0.1, 0.15) is 6.10 Å². The molecule has 2 atom stereocenters. The number of rotatable bonds is 5. The minimum Gasteiger partial charge on any atom is -0.479 e. The van der Waals surface area contributed by atoms with Crippen molar-refractivity contribution in [3.05, 3.63) is 29.3 Å². The lowest BCUT2D eigenvalue weighted by Crippen LogP contribution is -2.41. The number of ether oxygens (including phenoxy) is 1. The molecule has 24 heavy (non-hydrogen) atoms. The van der Waals surface area contributed by atoms with Crippen LogP contribution in [0, 0.1) is 13.8 Å². The minimum atomic E-state index is -1.07. The molecular weight excluding hydrogens is 312 g/mol. The predicted octanol–water partition coefficient (Wildman–Crippen LogP) is 1.33. The third-order valence-electron chi connectivity index (χ3n) is 4.07. The van der Waals surface area contributed by atoms with Crippen LogP contribution in [0.25, 0.3) is 0 Å². The van der Waals surface area contributed by atoms with Gasteiger partial charge in [0.05, 0.1) is 6.54 Å². The van der Waals surface area contributed by atoms with Gasteiger partial charge in [0.2, 0.25) is 5.91 Å². The van der Waals surface area contributed by atoms with Gasteiger partial charge in [0, 0.05) is 12.7 Å². The molecule has 2 rings (SSSR count). The molecule has 1 aromatic rings. The maximum Gasteiger partial charge on any atom is 0.332 e. The van der Waals surface area contributed by atoms with Crippen molar-refractivity contribution in [3.63, 3.8) is 0 Å². The van der Waals surface area contributed by atoms with Crippen LogP contribution in [-0.4, -0.2) is 53.6 Å². The smallest absolute Gasteiger partial charge is 0.332 e. The molecule has 1 saturated heterocycles. The summed E-state index contributed by atoms with van der Waals surface area (Å²) in [5, 5.41) is 11.7. The van der Waals surface area contributed by atoms with E-state index in [1.165, 1.54) is 11.9 Å². The number of likely N-dealkylation sites (N-methyl/N-ethyl adjacent to an activating group) is 1. The van der Waals surface area contributed by atoms with Gasteiger partial charge in [-0.3, -0.25) is 9.59 Å². The fourth-order valence-electron chi connectivity index (χ4n) is 2.73. The molecule has 1 fully saturated rings. The molecule has 0 radical (unpaired) electrons. The van der Waals surface area contributed by atoms with E-state index in [0.29, 0.717) is 12.8 Å². The number of carboxylic acid groups (broad SMARTS) is 1. The first-order valence-corrected chi connectivity index (χ1v) is 7.79. The van der Waals surface area contributed by atoms with E-state index in [0.717, 1.165) is 16.8 Å². The number of benzene rings is 1. The molecular formula is C17H22N2O5. The maximum atomic E-state index is 12.3. The van der Waals surface area contributed by atoms with E-state index in [-0.39, 0.29) is 18.4 Å². The molecule has 0 aromatic heterocycles. The Labute approximate surface area is 140 Å². The molecule has 0 unspecified atom stereocenters. The first-order valence-electron chi connectivity index (χ1n) is 7.79. The van der Waals surface area contributed by atoms with E-state index in [4.69, 9.17) is 9.84 Å². The molecule has 0 spiro atoms. The quantitative estimate of drug-likeness (QED) is 0.847. The molecule has 0 saturated carbocycles. The topological polar surface area (TPSA) is 95.9 Å². The molecule has 1 aliphatic rings. The summed E-state index contributed by atoms with van der Waals surface area (Å²) < 4.78 is 5.22. The number of anilines is 1. The Morgan fingerprint density at radius 3 is 2.33 bits per heavy atom. The summed E-state index contributed by atoms with van der Waals surface area (Å²) in [5.41, 5.74) is 2.63. The lowest BCUT2D eigenvalue weighted by Gasteiger charge is -2.21. The summed E-state index contributed by atoms with van der Waals surface area (Å²) in [6.45, 7) is 3.68. The fraction of sp³-hybridized carbons (Fsp3) is 0.471. The number of carbonyl (C=O) groups excluding carboxylic acids is 2. The van der Waals surface area contributed by atoms with E-state index >= 15 is 0 Å². The normalized spacial score (nSPS) is 19.8. The van der Waals surface area contributed by atoms with Crippen LogP contribution in [0.3, 0.4) is 0 Å². The SMILES string of the molecule is Cc1cccc(C)c1NC(=O)CN(C)C(=O)[C@@H]1CC[C@H](C(=O)O)O1. The number of nitrogens with one attached hydrogen (secondary N) is 1. The fourth-order valence-corrected chi connectivity index (χ4v) is 2.73. The van der Waals surface area contributed by atoms with E-state index < -0.39 is 18.2 Å². The van der Waals surface area contributed by atoms with E-state index in [1.807, 2.05) is 32.0 Å². The molecule has 0 aliphatic carbocycles. The number of aliphatic carboxylic acids is 1.